The Morgan fingerprint density at radius 3 is 1.72 bits per heavy atom. The Bertz CT molecular complexity index is 572. The highest BCUT2D eigenvalue weighted by Crippen LogP contribution is 2.19. The van der Waals surface area contributed by atoms with Crippen LogP contribution in [0.25, 0.3) is 0 Å². The smallest absolute Gasteiger partial charge is 0.347 e. The van der Waals surface area contributed by atoms with Gasteiger partial charge in [0.15, 0.2) is 6.10 Å². The first-order valence-corrected chi connectivity index (χ1v) is 13.3. The van der Waals surface area contributed by atoms with Gasteiger partial charge in [-0.2, -0.15) is 0 Å². The van der Waals surface area contributed by atoms with Crippen LogP contribution >= 0.6 is 0 Å². The minimum Gasteiger partial charge on any atom is -0.508 e. The van der Waals surface area contributed by atoms with Gasteiger partial charge < -0.3 is 14.6 Å². The van der Waals surface area contributed by atoms with Crippen molar-refractivity contribution in [3.05, 3.63) is 24.3 Å². The van der Waals surface area contributed by atoms with Crippen molar-refractivity contribution < 1.29 is 19.4 Å². The van der Waals surface area contributed by atoms with E-state index in [4.69, 9.17) is 9.47 Å². The third-order valence-corrected chi connectivity index (χ3v) is 5.95. The van der Waals surface area contributed by atoms with Crippen LogP contribution in [-0.2, 0) is 9.53 Å². The molecule has 0 bridgehead atoms. The van der Waals surface area contributed by atoms with Crippen LogP contribution in [0.3, 0.4) is 0 Å². The molecule has 1 atom stereocenters. The fourth-order valence-corrected chi connectivity index (χ4v) is 3.93. The zero-order valence-electron chi connectivity index (χ0n) is 20.8. The predicted octanol–water partition coefficient (Wildman–Crippen LogP) is 8.35. The summed E-state index contributed by atoms with van der Waals surface area (Å²) in [6.45, 7) is 4.39. The Hall–Kier alpha value is -1.71. The van der Waals surface area contributed by atoms with E-state index in [2.05, 4.69) is 6.92 Å². The normalized spacial score (nSPS) is 11.9. The van der Waals surface area contributed by atoms with E-state index in [1.54, 1.807) is 25.1 Å². The third kappa shape index (κ3) is 16.0. The van der Waals surface area contributed by atoms with Crippen LogP contribution in [0.1, 0.15) is 123 Å². The fraction of sp³-hybridized carbons (Fsp3) is 0.750. The van der Waals surface area contributed by atoms with Crippen molar-refractivity contribution in [2.45, 2.75) is 129 Å². The molecule has 1 unspecified atom stereocenters. The topological polar surface area (TPSA) is 55.8 Å². The van der Waals surface area contributed by atoms with Gasteiger partial charge in [0.1, 0.15) is 11.5 Å². The number of rotatable bonds is 21. The Balaban J connectivity index is 1.82. The summed E-state index contributed by atoms with van der Waals surface area (Å²) in [4.78, 5) is 12.0. The predicted molar refractivity (Wildman–Crippen MR) is 133 cm³/mol. The second-order valence-corrected chi connectivity index (χ2v) is 9.08. The van der Waals surface area contributed by atoms with Crippen LogP contribution in [0, 0.1) is 0 Å². The zero-order valence-corrected chi connectivity index (χ0v) is 20.8. The minimum absolute atomic E-state index is 0.117. The van der Waals surface area contributed by atoms with Gasteiger partial charge in [-0.25, -0.2) is 4.79 Å². The average Bonchev–Trinajstić information content (AvgIpc) is 2.78. The summed E-state index contributed by atoms with van der Waals surface area (Å²) in [5.74, 6) is 0.226. The molecule has 184 valence electrons. The number of carbonyl (C=O) groups excluding carboxylic acids is 1. The Labute approximate surface area is 197 Å². The lowest BCUT2D eigenvalue weighted by Crippen LogP contribution is -2.26. The van der Waals surface area contributed by atoms with Gasteiger partial charge in [0.25, 0.3) is 0 Å². The maximum absolute atomic E-state index is 12.0. The van der Waals surface area contributed by atoms with Gasteiger partial charge >= 0.3 is 5.97 Å². The molecule has 1 N–H and O–H groups in total. The number of hydrogen-bond acceptors (Lipinski definition) is 4. The van der Waals surface area contributed by atoms with Gasteiger partial charge in [0, 0.05) is 6.07 Å². The second kappa shape index (κ2) is 19.9. The molecule has 32 heavy (non-hydrogen) atoms. The van der Waals surface area contributed by atoms with Gasteiger partial charge in [0.05, 0.1) is 6.61 Å². The molecule has 0 aromatic heterocycles. The van der Waals surface area contributed by atoms with Crippen molar-refractivity contribution >= 4 is 5.97 Å². The number of unbranched alkanes of at least 4 members (excludes halogenated alkanes) is 16. The van der Waals surface area contributed by atoms with Crippen LogP contribution in [0.15, 0.2) is 24.3 Å². The SMILES string of the molecule is CCCCCCCCCCCCCCCCCCCOC(=O)C(C)Oc1cccc(O)c1. The molecule has 0 saturated carbocycles. The summed E-state index contributed by atoms with van der Waals surface area (Å²) in [6.07, 6.45) is 22.0. The summed E-state index contributed by atoms with van der Waals surface area (Å²) in [6, 6.07) is 6.44. The van der Waals surface area contributed by atoms with Crippen LogP contribution in [0.2, 0.25) is 0 Å². The van der Waals surface area contributed by atoms with Crippen LogP contribution in [-0.4, -0.2) is 23.8 Å². The largest absolute Gasteiger partial charge is 0.508 e. The molecule has 1 rings (SSSR count). The summed E-state index contributed by atoms with van der Waals surface area (Å²) >= 11 is 0. The van der Waals surface area contributed by atoms with Crippen molar-refractivity contribution in [1.29, 1.82) is 0 Å². The molecule has 1 aromatic carbocycles. The lowest BCUT2D eigenvalue weighted by molar-refractivity contribution is -0.151. The third-order valence-electron chi connectivity index (χ3n) is 5.95. The van der Waals surface area contributed by atoms with Gasteiger partial charge in [-0.3, -0.25) is 0 Å². The Morgan fingerprint density at radius 2 is 1.25 bits per heavy atom. The monoisotopic (exact) mass is 448 g/mol. The maximum Gasteiger partial charge on any atom is 0.347 e. The molecule has 0 fully saturated rings. The summed E-state index contributed by atoms with van der Waals surface area (Å²) in [5.41, 5.74) is 0. The number of aromatic hydroxyl groups is 1. The first kappa shape index (κ1) is 28.3. The van der Waals surface area contributed by atoms with Gasteiger partial charge in [-0.1, -0.05) is 116 Å². The van der Waals surface area contributed by atoms with E-state index < -0.39 is 6.10 Å². The minimum atomic E-state index is -0.678. The van der Waals surface area contributed by atoms with E-state index in [0.29, 0.717) is 12.4 Å². The van der Waals surface area contributed by atoms with Gasteiger partial charge in [-0.15, -0.1) is 0 Å². The summed E-state index contributed by atoms with van der Waals surface area (Å²) in [7, 11) is 0. The molecule has 0 aliphatic heterocycles. The lowest BCUT2D eigenvalue weighted by atomic mass is 10.0. The maximum atomic E-state index is 12.0. The van der Waals surface area contributed by atoms with Crippen molar-refractivity contribution in [3.8, 4) is 11.5 Å². The van der Waals surface area contributed by atoms with Gasteiger partial charge in [-0.05, 0) is 25.5 Å². The quantitative estimate of drug-likeness (QED) is 0.152. The molecule has 0 radical (unpaired) electrons. The van der Waals surface area contributed by atoms with Gasteiger partial charge in [0.2, 0.25) is 0 Å². The second-order valence-electron chi connectivity index (χ2n) is 9.08. The number of ether oxygens (including phenoxy) is 2. The number of phenols is 1. The molecule has 4 heteroatoms. The average molecular weight is 449 g/mol. The molecular formula is C28H48O4. The van der Waals surface area contributed by atoms with Crippen LogP contribution in [0.4, 0.5) is 0 Å². The highest BCUT2D eigenvalue weighted by atomic mass is 16.6. The molecule has 0 amide bonds. The van der Waals surface area contributed by atoms with Crippen molar-refractivity contribution in [3.63, 3.8) is 0 Å². The summed E-state index contributed by atoms with van der Waals surface area (Å²) in [5, 5.41) is 9.44. The standard InChI is InChI=1S/C28H48O4/c1-3-4-5-6-7-8-9-10-11-12-13-14-15-16-17-18-19-23-31-28(30)25(2)32-27-22-20-21-26(29)24-27/h20-22,24-25,29H,3-19,23H2,1-2H3. The Morgan fingerprint density at radius 1 is 0.781 bits per heavy atom. The van der Waals surface area contributed by atoms with E-state index in [0.717, 1.165) is 12.8 Å². The molecule has 1 aromatic rings. The molecule has 0 aliphatic rings. The number of benzene rings is 1. The number of esters is 1. The number of hydrogen-bond donors (Lipinski definition) is 1. The molecular weight excluding hydrogens is 400 g/mol. The summed E-state index contributed by atoms with van der Waals surface area (Å²) < 4.78 is 10.8. The fourth-order valence-electron chi connectivity index (χ4n) is 3.93. The van der Waals surface area contributed by atoms with Crippen LogP contribution < -0.4 is 4.74 Å². The van der Waals surface area contributed by atoms with E-state index in [-0.39, 0.29) is 11.7 Å². The lowest BCUT2D eigenvalue weighted by Gasteiger charge is -2.14. The highest BCUT2D eigenvalue weighted by Gasteiger charge is 2.16. The van der Waals surface area contributed by atoms with Crippen LogP contribution in [0.5, 0.6) is 11.5 Å². The highest BCUT2D eigenvalue weighted by molar-refractivity contribution is 5.74. The molecule has 0 spiro atoms. The van der Waals surface area contributed by atoms with E-state index in [1.165, 1.54) is 102 Å². The number of phenolic OH excluding ortho intramolecular Hbond substituents is 1. The van der Waals surface area contributed by atoms with E-state index in [1.807, 2.05) is 0 Å². The molecule has 4 nitrogen and oxygen atoms in total. The first-order chi connectivity index (χ1) is 15.6. The van der Waals surface area contributed by atoms with E-state index >= 15 is 0 Å². The van der Waals surface area contributed by atoms with Crippen molar-refractivity contribution in [2.75, 3.05) is 6.61 Å². The first-order valence-electron chi connectivity index (χ1n) is 13.3. The zero-order chi connectivity index (χ0) is 23.3. The van der Waals surface area contributed by atoms with E-state index in [9.17, 15) is 9.90 Å². The Kier molecular flexibility index (Phi) is 17.6. The molecule has 0 heterocycles. The number of carbonyl (C=O) groups is 1. The molecule has 0 aliphatic carbocycles. The molecule has 0 saturated heterocycles. The van der Waals surface area contributed by atoms with Crippen molar-refractivity contribution in [2.24, 2.45) is 0 Å². The van der Waals surface area contributed by atoms with Crippen molar-refractivity contribution in [1.82, 2.24) is 0 Å².